The molecule has 1 aliphatic rings. The lowest BCUT2D eigenvalue weighted by Crippen LogP contribution is -2.32. The average Bonchev–Trinajstić information content (AvgIpc) is 2.26. The molecule has 1 N–H and O–H groups in total. The molecule has 0 radical (unpaired) electrons. The van der Waals surface area contributed by atoms with Gasteiger partial charge in [-0.1, -0.05) is 43.7 Å². The molecule has 1 saturated carbocycles. The maximum absolute atomic E-state index is 10.1. The van der Waals surface area contributed by atoms with Gasteiger partial charge in [0.05, 0.1) is 6.10 Å². The van der Waals surface area contributed by atoms with E-state index in [2.05, 4.69) is 31.2 Å². The summed E-state index contributed by atoms with van der Waals surface area (Å²) in [5.74, 6) is 0.948. The largest absolute Gasteiger partial charge is 0.393 e. The highest BCUT2D eigenvalue weighted by molar-refractivity contribution is 5.15. The van der Waals surface area contributed by atoms with E-state index in [1.54, 1.807) is 0 Å². The maximum Gasteiger partial charge on any atom is 0.0597 e. The molecule has 0 amide bonds. The van der Waals surface area contributed by atoms with Crippen molar-refractivity contribution in [3.05, 3.63) is 35.9 Å². The Morgan fingerprint density at radius 2 is 1.93 bits per heavy atom. The van der Waals surface area contributed by atoms with E-state index in [0.717, 1.165) is 6.42 Å². The van der Waals surface area contributed by atoms with Gasteiger partial charge >= 0.3 is 0 Å². The summed E-state index contributed by atoms with van der Waals surface area (Å²) in [7, 11) is 0. The van der Waals surface area contributed by atoms with Crippen molar-refractivity contribution in [3.8, 4) is 0 Å². The number of benzene rings is 1. The van der Waals surface area contributed by atoms with Crippen LogP contribution in [-0.4, -0.2) is 11.2 Å². The molecular weight excluding hydrogens is 184 g/mol. The molecule has 0 bridgehead atoms. The van der Waals surface area contributed by atoms with Crippen LogP contribution in [0.3, 0.4) is 0 Å². The third-order valence-corrected chi connectivity index (χ3v) is 3.64. The first-order valence-corrected chi connectivity index (χ1v) is 5.99. The van der Waals surface area contributed by atoms with Crippen molar-refractivity contribution in [3.63, 3.8) is 0 Å². The first-order chi connectivity index (χ1) is 7.27. The van der Waals surface area contributed by atoms with Crippen molar-refractivity contribution in [2.75, 3.05) is 0 Å². The van der Waals surface area contributed by atoms with E-state index in [-0.39, 0.29) is 6.10 Å². The van der Waals surface area contributed by atoms with Crippen LogP contribution >= 0.6 is 0 Å². The van der Waals surface area contributed by atoms with E-state index in [4.69, 9.17) is 0 Å². The summed E-state index contributed by atoms with van der Waals surface area (Å²) in [4.78, 5) is 0. The van der Waals surface area contributed by atoms with Crippen molar-refractivity contribution in [2.24, 2.45) is 11.8 Å². The molecule has 15 heavy (non-hydrogen) atoms. The predicted molar refractivity (Wildman–Crippen MR) is 62.7 cm³/mol. The van der Waals surface area contributed by atoms with Crippen LogP contribution in [0.5, 0.6) is 0 Å². The minimum atomic E-state index is -0.0982. The van der Waals surface area contributed by atoms with Crippen molar-refractivity contribution >= 4 is 0 Å². The van der Waals surface area contributed by atoms with Gasteiger partial charge in [-0.2, -0.15) is 0 Å². The number of aliphatic hydroxyl groups excluding tert-OH is 1. The van der Waals surface area contributed by atoms with Crippen molar-refractivity contribution < 1.29 is 5.11 Å². The molecule has 0 aromatic heterocycles. The van der Waals surface area contributed by atoms with E-state index in [1.165, 1.54) is 24.8 Å². The highest BCUT2D eigenvalue weighted by atomic mass is 16.3. The fourth-order valence-electron chi connectivity index (χ4n) is 2.65. The molecular formula is C14H20O. The standard InChI is InChI=1S/C14H20O/c1-11-6-5-9-13(14(11)15)10-12-7-3-2-4-8-12/h2-4,7-8,11,13-15H,5-6,9-10H2,1H3. The Labute approximate surface area is 92.1 Å². The Hall–Kier alpha value is -0.820. The summed E-state index contributed by atoms with van der Waals surface area (Å²) in [6.45, 7) is 2.17. The summed E-state index contributed by atoms with van der Waals surface area (Å²) in [6, 6.07) is 10.5. The van der Waals surface area contributed by atoms with Crippen LogP contribution in [0, 0.1) is 11.8 Å². The van der Waals surface area contributed by atoms with Gasteiger partial charge in [-0.25, -0.2) is 0 Å². The number of rotatable bonds is 2. The maximum atomic E-state index is 10.1. The zero-order valence-electron chi connectivity index (χ0n) is 9.39. The summed E-state index contributed by atoms with van der Waals surface area (Å²) in [5, 5.41) is 10.1. The molecule has 3 unspecified atom stereocenters. The number of hydrogen-bond donors (Lipinski definition) is 1. The highest BCUT2D eigenvalue weighted by Gasteiger charge is 2.28. The smallest absolute Gasteiger partial charge is 0.0597 e. The van der Waals surface area contributed by atoms with Crippen molar-refractivity contribution in [1.82, 2.24) is 0 Å². The zero-order chi connectivity index (χ0) is 10.7. The van der Waals surface area contributed by atoms with Gasteiger partial charge < -0.3 is 5.11 Å². The topological polar surface area (TPSA) is 20.2 Å². The second kappa shape index (κ2) is 4.80. The van der Waals surface area contributed by atoms with Gasteiger partial charge in [-0.15, -0.1) is 0 Å². The summed E-state index contributed by atoms with van der Waals surface area (Å²) in [6.07, 6.45) is 4.58. The van der Waals surface area contributed by atoms with Gasteiger partial charge in [0.25, 0.3) is 0 Å². The first-order valence-electron chi connectivity index (χ1n) is 5.99. The normalized spacial score (nSPS) is 31.5. The summed E-state index contributed by atoms with van der Waals surface area (Å²) >= 11 is 0. The van der Waals surface area contributed by atoms with Crippen LogP contribution in [0.2, 0.25) is 0 Å². The monoisotopic (exact) mass is 204 g/mol. The van der Waals surface area contributed by atoms with Gasteiger partial charge in [0.15, 0.2) is 0 Å². The molecule has 1 heteroatoms. The number of hydrogen-bond acceptors (Lipinski definition) is 1. The van der Waals surface area contributed by atoms with E-state index >= 15 is 0 Å². The summed E-state index contributed by atoms with van der Waals surface area (Å²) in [5.41, 5.74) is 1.36. The van der Waals surface area contributed by atoms with E-state index < -0.39 is 0 Å². The third-order valence-electron chi connectivity index (χ3n) is 3.64. The molecule has 1 aromatic carbocycles. The van der Waals surface area contributed by atoms with Crippen molar-refractivity contribution in [1.29, 1.82) is 0 Å². The van der Waals surface area contributed by atoms with Gasteiger partial charge in [0.2, 0.25) is 0 Å². The second-order valence-electron chi connectivity index (χ2n) is 4.85. The lowest BCUT2D eigenvalue weighted by molar-refractivity contribution is 0.0254. The Morgan fingerprint density at radius 3 is 2.67 bits per heavy atom. The van der Waals surface area contributed by atoms with Crippen LogP contribution < -0.4 is 0 Å². The Balaban J connectivity index is 1.99. The number of aliphatic hydroxyl groups is 1. The minimum Gasteiger partial charge on any atom is -0.393 e. The van der Waals surface area contributed by atoms with Gasteiger partial charge in [-0.05, 0) is 36.7 Å². The van der Waals surface area contributed by atoms with E-state index in [0.29, 0.717) is 11.8 Å². The SMILES string of the molecule is CC1CCCC(Cc2ccccc2)C1O. The first kappa shape index (κ1) is 10.7. The van der Waals surface area contributed by atoms with Gasteiger partial charge in [0, 0.05) is 0 Å². The van der Waals surface area contributed by atoms with E-state index in [1.807, 2.05) is 6.07 Å². The Kier molecular flexibility index (Phi) is 3.42. The lowest BCUT2D eigenvalue weighted by Gasteiger charge is -2.32. The predicted octanol–water partition coefficient (Wildman–Crippen LogP) is 3.03. The Morgan fingerprint density at radius 1 is 1.20 bits per heavy atom. The van der Waals surface area contributed by atoms with Crippen LogP contribution in [-0.2, 0) is 6.42 Å². The van der Waals surface area contributed by atoms with Gasteiger partial charge in [-0.3, -0.25) is 0 Å². The fraction of sp³-hybridized carbons (Fsp3) is 0.571. The van der Waals surface area contributed by atoms with Crippen LogP contribution in [0.4, 0.5) is 0 Å². The lowest BCUT2D eigenvalue weighted by atomic mass is 9.77. The fourth-order valence-corrected chi connectivity index (χ4v) is 2.65. The second-order valence-corrected chi connectivity index (χ2v) is 4.85. The van der Waals surface area contributed by atoms with Gasteiger partial charge in [0.1, 0.15) is 0 Å². The molecule has 0 aliphatic heterocycles. The molecule has 0 saturated heterocycles. The molecule has 1 aromatic rings. The molecule has 1 nitrogen and oxygen atoms in total. The molecule has 0 heterocycles. The molecule has 1 aliphatic carbocycles. The highest BCUT2D eigenvalue weighted by Crippen LogP contribution is 2.31. The molecule has 82 valence electrons. The van der Waals surface area contributed by atoms with Crippen molar-refractivity contribution in [2.45, 2.75) is 38.7 Å². The van der Waals surface area contributed by atoms with E-state index in [9.17, 15) is 5.11 Å². The minimum absolute atomic E-state index is 0.0982. The Bertz CT molecular complexity index is 293. The molecule has 2 rings (SSSR count). The zero-order valence-corrected chi connectivity index (χ0v) is 9.39. The van der Waals surface area contributed by atoms with Crippen LogP contribution in [0.1, 0.15) is 31.7 Å². The van der Waals surface area contributed by atoms with Crippen LogP contribution in [0.15, 0.2) is 30.3 Å². The quantitative estimate of drug-likeness (QED) is 0.785. The molecule has 1 fully saturated rings. The summed E-state index contributed by atoms with van der Waals surface area (Å²) < 4.78 is 0. The third kappa shape index (κ3) is 2.60. The average molecular weight is 204 g/mol. The molecule has 0 spiro atoms. The molecule has 3 atom stereocenters. The van der Waals surface area contributed by atoms with Crippen LogP contribution in [0.25, 0.3) is 0 Å².